The summed E-state index contributed by atoms with van der Waals surface area (Å²) in [6, 6.07) is 5.23. The zero-order valence-electron chi connectivity index (χ0n) is 6.43. The van der Waals surface area contributed by atoms with Gasteiger partial charge in [0, 0.05) is 11.1 Å². The van der Waals surface area contributed by atoms with Crippen LogP contribution in [0.15, 0.2) is 18.2 Å². The van der Waals surface area contributed by atoms with E-state index in [0.717, 1.165) is 0 Å². The SMILES string of the molecule is B.COc1ccc(Cl)cc1OC. The molecule has 0 aliphatic rings. The molecule has 12 heavy (non-hydrogen) atoms. The molecule has 0 aliphatic heterocycles. The van der Waals surface area contributed by atoms with Crippen molar-refractivity contribution in [3.8, 4) is 11.5 Å². The molecule has 0 radical (unpaired) electrons. The van der Waals surface area contributed by atoms with Crippen LogP contribution < -0.4 is 9.47 Å². The monoisotopic (exact) mass is 186 g/mol. The first-order chi connectivity index (χ1) is 5.27. The van der Waals surface area contributed by atoms with E-state index < -0.39 is 0 Å². The van der Waals surface area contributed by atoms with Crippen molar-refractivity contribution in [2.45, 2.75) is 0 Å². The molecule has 1 rings (SSSR count). The second kappa shape index (κ2) is 4.93. The highest BCUT2D eigenvalue weighted by molar-refractivity contribution is 6.30. The lowest BCUT2D eigenvalue weighted by molar-refractivity contribution is 0.355. The molecule has 4 heteroatoms. The smallest absolute Gasteiger partial charge is 0.162 e. The van der Waals surface area contributed by atoms with Gasteiger partial charge in [-0.05, 0) is 12.1 Å². The topological polar surface area (TPSA) is 18.5 Å². The van der Waals surface area contributed by atoms with Crippen molar-refractivity contribution in [1.29, 1.82) is 0 Å². The molecule has 0 aliphatic carbocycles. The van der Waals surface area contributed by atoms with E-state index in [9.17, 15) is 0 Å². The minimum Gasteiger partial charge on any atom is -0.493 e. The van der Waals surface area contributed by atoms with Gasteiger partial charge < -0.3 is 9.47 Å². The summed E-state index contributed by atoms with van der Waals surface area (Å²) in [7, 11) is 3.17. The van der Waals surface area contributed by atoms with Gasteiger partial charge >= 0.3 is 0 Å². The third kappa shape index (κ3) is 2.34. The van der Waals surface area contributed by atoms with Gasteiger partial charge in [0.05, 0.1) is 22.6 Å². The van der Waals surface area contributed by atoms with E-state index in [1.807, 2.05) is 0 Å². The Kier molecular flexibility index (Phi) is 4.60. The molecule has 1 aromatic rings. The van der Waals surface area contributed by atoms with E-state index in [2.05, 4.69) is 0 Å². The fraction of sp³-hybridized carbons (Fsp3) is 0.250. The van der Waals surface area contributed by atoms with Crippen molar-refractivity contribution in [3.63, 3.8) is 0 Å². The molecule has 0 amide bonds. The van der Waals surface area contributed by atoms with Gasteiger partial charge in [-0.3, -0.25) is 0 Å². The standard InChI is InChI=1S/C8H9ClO2.BH3/c1-10-7-4-3-6(9)5-8(7)11-2;/h3-5H,1-2H3;1H3. The van der Waals surface area contributed by atoms with Crippen molar-refractivity contribution in [3.05, 3.63) is 23.2 Å². The Hall–Kier alpha value is -0.825. The second-order valence-corrected chi connectivity index (χ2v) is 2.44. The first-order valence-electron chi connectivity index (χ1n) is 3.15. The van der Waals surface area contributed by atoms with Crippen LogP contribution in [-0.2, 0) is 0 Å². The molecule has 0 atom stereocenters. The van der Waals surface area contributed by atoms with Crippen molar-refractivity contribution in [2.24, 2.45) is 0 Å². The highest BCUT2D eigenvalue weighted by Gasteiger charge is 2.01. The first kappa shape index (κ1) is 11.2. The minimum absolute atomic E-state index is 0. The van der Waals surface area contributed by atoms with Crippen molar-refractivity contribution >= 4 is 20.0 Å². The molecule has 1 aromatic carbocycles. The lowest BCUT2D eigenvalue weighted by Crippen LogP contribution is -1.89. The summed E-state index contributed by atoms with van der Waals surface area (Å²) < 4.78 is 10.0. The lowest BCUT2D eigenvalue weighted by Gasteiger charge is -2.06. The molecule has 0 unspecified atom stereocenters. The Morgan fingerprint density at radius 3 is 2.17 bits per heavy atom. The highest BCUT2D eigenvalue weighted by Crippen LogP contribution is 2.29. The predicted octanol–water partition coefficient (Wildman–Crippen LogP) is 1.17. The van der Waals surface area contributed by atoms with Gasteiger partial charge in [-0.2, -0.15) is 0 Å². The Balaban J connectivity index is 0.00000121. The molecular formula is C8H12BClO2. The maximum Gasteiger partial charge on any atom is 0.162 e. The second-order valence-electron chi connectivity index (χ2n) is 2.00. The average Bonchev–Trinajstić information content (AvgIpc) is 2.04. The van der Waals surface area contributed by atoms with Gasteiger partial charge in [-0.1, -0.05) is 11.6 Å². The number of rotatable bonds is 2. The highest BCUT2D eigenvalue weighted by atomic mass is 35.5. The molecule has 0 spiro atoms. The Morgan fingerprint density at radius 2 is 1.67 bits per heavy atom. The summed E-state index contributed by atoms with van der Waals surface area (Å²) in [5.74, 6) is 1.34. The summed E-state index contributed by atoms with van der Waals surface area (Å²) in [4.78, 5) is 0. The van der Waals surface area contributed by atoms with E-state index in [0.29, 0.717) is 16.5 Å². The maximum atomic E-state index is 5.72. The molecule has 0 saturated carbocycles. The van der Waals surface area contributed by atoms with Gasteiger partial charge in [0.15, 0.2) is 11.5 Å². The van der Waals surface area contributed by atoms with Crippen molar-refractivity contribution < 1.29 is 9.47 Å². The van der Waals surface area contributed by atoms with Crippen LogP contribution in [0, 0.1) is 0 Å². The molecule has 0 N–H and O–H groups in total. The third-order valence-corrected chi connectivity index (χ3v) is 1.58. The molecule has 0 fully saturated rings. The minimum atomic E-state index is 0. The molecule has 0 bridgehead atoms. The van der Waals surface area contributed by atoms with Crippen molar-refractivity contribution in [1.82, 2.24) is 0 Å². The molecule has 66 valence electrons. The Labute approximate surface area is 79.0 Å². The van der Waals surface area contributed by atoms with Gasteiger partial charge in [0.2, 0.25) is 0 Å². The fourth-order valence-corrected chi connectivity index (χ4v) is 0.972. The number of benzene rings is 1. The number of hydrogen-bond acceptors (Lipinski definition) is 2. The van der Waals surface area contributed by atoms with Gasteiger partial charge in [-0.25, -0.2) is 0 Å². The predicted molar refractivity (Wildman–Crippen MR) is 54.5 cm³/mol. The number of ether oxygens (including phenoxy) is 2. The summed E-state index contributed by atoms with van der Waals surface area (Å²) in [5, 5.41) is 0.641. The molecule has 0 saturated heterocycles. The molecular weight excluding hydrogens is 174 g/mol. The van der Waals surface area contributed by atoms with Gasteiger partial charge in [-0.15, -0.1) is 0 Å². The summed E-state index contributed by atoms with van der Waals surface area (Å²) in [6.45, 7) is 0. The zero-order valence-corrected chi connectivity index (χ0v) is 7.18. The van der Waals surface area contributed by atoms with Crippen molar-refractivity contribution in [2.75, 3.05) is 14.2 Å². The summed E-state index contributed by atoms with van der Waals surface area (Å²) in [5.41, 5.74) is 0. The summed E-state index contributed by atoms with van der Waals surface area (Å²) in [6.07, 6.45) is 0. The number of hydrogen-bond donors (Lipinski definition) is 0. The lowest BCUT2D eigenvalue weighted by atomic mass is 10.3. The zero-order chi connectivity index (χ0) is 8.27. The molecule has 0 aromatic heterocycles. The van der Waals surface area contributed by atoms with Crippen LogP contribution >= 0.6 is 11.6 Å². The van der Waals surface area contributed by atoms with Crippen LogP contribution in [0.4, 0.5) is 0 Å². The van der Waals surface area contributed by atoms with E-state index in [-0.39, 0.29) is 8.41 Å². The van der Waals surface area contributed by atoms with Gasteiger partial charge in [0.25, 0.3) is 0 Å². The summed E-state index contributed by atoms with van der Waals surface area (Å²) >= 11 is 5.72. The van der Waals surface area contributed by atoms with Crippen LogP contribution in [0.2, 0.25) is 5.02 Å². The fourth-order valence-electron chi connectivity index (χ4n) is 0.810. The van der Waals surface area contributed by atoms with Crippen LogP contribution in [0.1, 0.15) is 0 Å². The van der Waals surface area contributed by atoms with E-state index in [4.69, 9.17) is 21.1 Å². The van der Waals surface area contributed by atoms with Crippen LogP contribution in [0.25, 0.3) is 0 Å². The quantitative estimate of drug-likeness (QED) is 0.646. The van der Waals surface area contributed by atoms with Crippen LogP contribution in [0.5, 0.6) is 11.5 Å². The normalized spacial score (nSPS) is 8.58. The molecule has 2 nitrogen and oxygen atoms in total. The average molecular weight is 186 g/mol. The third-order valence-electron chi connectivity index (χ3n) is 1.35. The largest absolute Gasteiger partial charge is 0.493 e. The Bertz CT molecular complexity index is 253. The Morgan fingerprint density at radius 1 is 1.08 bits per heavy atom. The number of halogens is 1. The van der Waals surface area contributed by atoms with E-state index >= 15 is 0 Å². The van der Waals surface area contributed by atoms with Gasteiger partial charge in [0.1, 0.15) is 0 Å². The molecule has 0 heterocycles. The number of methoxy groups -OCH3 is 2. The van der Waals surface area contributed by atoms with E-state index in [1.54, 1.807) is 32.4 Å². The van der Waals surface area contributed by atoms with E-state index in [1.165, 1.54) is 0 Å². The van der Waals surface area contributed by atoms with Crippen LogP contribution in [-0.4, -0.2) is 22.6 Å². The first-order valence-corrected chi connectivity index (χ1v) is 3.53. The maximum absolute atomic E-state index is 5.72. The van der Waals surface area contributed by atoms with Crippen LogP contribution in [0.3, 0.4) is 0 Å².